The molecule has 2 aliphatic carbocycles. The molecule has 0 saturated heterocycles. The summed E-state index contributed by atoms with van der Waals surface area (Å²) in [6.07, 6.45) is 9.70. The Morgan fingerprint density at radius 2 is 1.83 bits per heavy atom. The van der Waals surface area contributed by atoms with Gasteiger partial charge < -0.3 is 9.47 Å². The van der Waals surface area contributed by atoms with Gasteiger partial charge >= 0.3 is 0 Å². The van der Waals surface area contributed by atoms with E-state index in [1.165, 1.54) is 55.0 Å². The Morgan fingerprint density at radius 1 is 0.972 bits per heavy atom. The number of pyridine rings is 1. The van der Waals surface area contributed by atoms with Gasteiger partial charge in [-0.05, 0) is 89.3 Å². The summed E-state index contributed by atoms with van der Waals surface area (Å²) in [4.78, 5) is 4.04. The van der Waals surface area contributed by atoms with E-state index >= 15 is 0 Å². The van der Waals surface area contributed by atoms with Crippen LogP contribution in [-0.2, 0) is 13.0 Å². The van der Waals surface area contributed by atoms with Crippen molar-refractivity contribution >= 4 is 0 Å². The zero-order valence-electron chi connectivity index (χ0n) is 22.1. The lowest BCUT2D eigenvalue weighted by atomic mass is 9.75. The van der Waals surface area contributed by atoms with Crippen molar-refractivity contribution < 1.29 is 13.9 Å². The van der Waals surface area contributed by atoms with Crippen LogP contribution in [-0.4, -0.2) is 12.1 Å². The van der Waals surface area contributed by atoms with Gasteiger partial charge in [-0.25, -0.2) is 9.37 Å². The zero-order chi connectivity index (χ0) is 25.3. The summed E-state index contributed by atoms with van der Waals surface area (Å²) in [5, 5.41) is 0. The summed E-state index contributed by atoms with van der Waals surface area (Å²) in [7, 11) is 1.56. The molecule has 3 aromatic rings. The Bertz CT molecular complexity index is 1230. The van der Waals surface area contributed by atoms with Crippen LogP contribution >= 0.6 is 0 Å². The van der Waals surface area contributed by atoms with Crippen LogP contribution in [0.3, 0.4) is 0 Å². The fraction of sp³-hybridized carbons (Fsp3) is 0.469. The molecule has 190 valence electrons. The molecule has 1 aromatic heterocycles. The average Bonchev–Trinajstić information content (AvgIpc) is 3.13. The van der Waals surface area contributed by atoms with Crippen LogP contribution in [0.1, 0.15) is 93.4 Å². The monoisotopic (exact) mass is 487 g/mol. The van der Waals surface area contributed by atoms with Gasteiger partial charge in [-0.1, -0.05) is 57.9 Å². The Morgan fingerprint density at radius 3 is 2.61 bits per heavy atom. The normalized spacial score (nSPS) is 21.0. The lowest BCUT2D eigenvalue weighted by Gasteiger charge is -2.30. The summed E-state index contributed by atoms with van der Waals surface area (Å²) in [5.74, 6) is 1.97. The molecule has 2 aromatic carbocycles. The second-order valence-corrected chi connectivity index (χ2v) is 11.4. The molecule has 2 atom stereocenters. The molecule has 0 N–H and O–H groups in total. The lowest BCUT2D eigenvalue weighted by molar-refractivity contribution is 0.304. The number of ether oxygens (including phenoxy) is 2. The van der Waals surface area contributed by atoms with Gasteiger partial charge in [0.05, 0.1) is 13.3 Å². The van der Waals surface area contributed by atoms with Crippen molar-refractivity contribution in [3.8, 4) is 22.8 Å². The van der Waals surface area contributed by atoms with Gasteiger partial charge in [-0.15, -0.1) is 0 Å². The van der Waals surface area contributed by atoms with Crippen LogP contribution in [0.25, 0.3) is 11.1 Å². The Balaban J connectivity index is 1.46. The van der Waals surface area contributed by atoms with E-state index in [4.69, 9.17) is 9.47 Å². The maximum Gasteiger partial charge on any atom is 0.213 e. The van der Waals surface area contributed by atoms with Crippen molar-refractivity contribution in [1.82, 2.24) is 4.98 Å². The number of methoxy groups -OCH3 is 1. The second kappa shape index (κ2) is 10.2. The summed E-state index contributed by atoms with van der Waals surface area (Å²) in [5.41, 5.74) is 6.85. The maximum atomic E-state index is 15.0. The molecule has 1 heterocycles. The summed E-state index contributed by atoms with van der Waals surface area (Å²) >= 11 is 0. The van der Waals surface area contributed by atoms with E-state index in [0.29, 0.717) is 29.9 Å². The van der Waals surface area contributed by atoms with Crippen molar-refractivity contribution in [2.24, 2.45) is 5.41 Å². The summed E-state index contributed by atoms with van der Waals surface area (Å²) in [6, 6.07) is 14.7. The molecule has 2 aliphatic rings. The smallest absolute Gasteiger partial charge is 0.213 e. The molecule has 0 radical (unpaired) electrons. The van der Waals surface area contributed by atoms with Crippen LogP contribution in [0.15, 0.2) is 48.7 Å². The van der Waals surface area contributed by atoms with Gasteiger partial charge in [0.2, 0.25) is 5.88 Å². The van der Waals surface area contributed by atoms with Gasteiger partial charge in [-0.3, -0.25) is 0 Å². The van der Waals surface area contributed by atoms with Gasteiger partial charge in [0.25, 0.3) is 0 Å². The van der Waals surface area contributed by atoms with E-state index in [-0.39, 0.29) is 11.2 Å². The fourth-order valence-corrected chi connectivity index (χ4v) is 6.31. The van der Waals surface area contributed by atoms with E-state index in [2.05, 4.69) is 62.2 Å². The van der Waals surface area contributed by atoms with Gasteiger partial charge in [-0.2, -0.15) is 0 Å². The minimum atomic E-state index is -0.323. The molecule has 3 nitrogen and oxygen atoms in total. The molecule has 2 unspecified atom stereocenters. The molecule has 0 spiro atoms. The molecular formula is C32H38FNO2. The third-order valence-corrected chi connectivity index (χ3v) is 8.47. The number of halogens is 1. The number of hydrogen-bond donors (Lipinski definition) is 0. The first-order valence-corrected chi connectivity index (χ1v) is 13.4. The molecule has 1 saturated carbocycles. The van der Waals surface area contributed by atoms with Crippen molar-refractivity contribution in [3.63, 3.8) is 0 Å². The average molecular weight is 488 g/mol. The van der Waals surface area contributed by atoms with E-state index in [0.717, 1.165) is 29.7 Å². The summed E-state index contributed by atoms with van der Waals surface area (Å²) in [6.45, 7) is 7.49. The molecule has 1 fully saturated rings. The van der Waals surface area contributed by atoms with E-state index in [1.807, 2.05) is 0 Å². The Labute approximate surface area is 215 Å². The topological polar surface area (TPSA) is 31.4 Å². The number of hydrogen-bond acceptors (Lipinski definition) is 3. The Hall–Kier alpha value is -2.88. The third-order valence-electron chi connectivity index (χ3n) is 8.47. The number of aromatic nitrogens is 1. The van der Waals surface area contributed by atoms with Crippen molar-refractivity contribution in [2.75, 3.05) is 7.11 Å². The van der Waals surface area contributed by atoms with Crippen LogP contribution in [0, 0.1) is 11.2 Å². The van der Waals surface area contributed by atoms with Gasteiger partial charge in [0, 0.05) is 11.6 Å². The molecule has 4 heteroatoms. The second-order valence-electron chi connectivity index (χ2n) is 11.4. The van der Waals surface area contributed by atoms with E-state index in [9.17, 15) is 4.39 Å². The molecule has 0 aliphatic heterocycles. The van der Waals surface area contributed by atoms with Gasteiger partial charge in [0.15, 0.2) is 0 Å². The molecule has 0 amide bonds. The quantitative estimate of drug-likeness (QED) is 0.326. The highest BCUT2D eigenvalue weighted by Crippen LogP contribution is 2.51. The zero-order valence-corrected chi connectivity index (χ0v) is 22.1. The largest absolute Gasteiger partial charge is 0.489 e. The predicted octanol–water partition coefficient (Wildman–Crippen LogP) is 8.60. The number of benzene rings is 2. The SMILES string of the molecule is COc1cc(-c2ccc(COc3ccc4c(c3)C(C)CCCC4)cc2C2CCCC2(C)C)c(F)cn1. The first-order valence-electron chi connectivity index (χ1n) is 13.4. The van der Waals surface area contributed by atoms with Crippen molar-refractivity contribution in [1.29, 1.82) is 0 Å². The number of fused-ring (bicyclic) bond motifs is 1. The highest BCUT2D eigenvalue weighted by Gasteiger charge is 2.37. The van der Waals surface area contributed by atoms with Crippen molar-refractivity contribution in [2.45, 2.75) is 84.2 Å². The van der Waals surface area contributed by atoms with Crippen molar-refractivity contribution in [3.05, 3.63) is 76.7 Å². The maximum absolute atomic E-state index is 15.0. The lowest BCUT2D eigenvalue weighted by Crippen LogP contribution is -2.17. The number of aryl methyl sites for hydroxylation is 1. The van der Waals surface area contributed by atoms with Crippen LogP contribution in [0.4, 0.5) is 4.39 Å². The minimum Gasteiger partial charge on any atom is -0.489 e. The van der Waals surface area contributed by atoms with Crippen LogP contribution in [0.5, 0.6) is 11.6 Å². The molecule has 36 heavy (non-hydrogen) atoms. The summed E-state index contributed by atoms with van der Waals surface area (Å²) < 4.78 is 26.6. The first-order chi connectivity index (χ1) is 17.4. The van der Waals surface area contributed by atoms with Crippen LogP contribution < -0.4 is 9.47 Å². The van der Waals surface area contributed by atoms with E-state index in [1.54, 1.807) is 13.2 Å². The first kappa shape index (κ1) is 24.8. The fourth-order valence-electron chi connectivity index (χ4n) is 6.31. The highest BCUT2D eigenvalue weighted by atomic mass is 19.1. The Kier molecular flexibility index (Phi) is 7.05. The highest BCUT2D eigenvalue weighted by molar-refractivity contribution is 5.70. The van der Waals surface area contributed by atoms with Gasteiger partial charge in [0.1, 0.15) is 18.2 Å². The standard InChI is InChI=1S/C32H38FNO2/c1-21-8-5-6-9-23-12-13-24(17-26(21)23)36-20-22-11-14-25(28-18-31(35-4)34-19-30(28)33)27(16-22)29-10-7-15-32(29,2)3/h11-14,16-19,21,29H,5-10,15,20H2,1-4H3. The minimum absolute atomic E-state index is 0.162. The molecule has 5 rings (SSSR count). The van der Waals surface area contributed by atoms with E-state index < -0.39 is 0 Å². The number of rotatable bonds is 6. The predicted molar refractivity (Wildman–Crippen MR) is 143 cm³/mol. The molecule has 0 bridgehead atoms. The third kappa shape index (κ3) is 5.00. The molecular weight excluding hydrogens is 449 g/mol. The van der Waals surface area contributed by atoms with Crippen LogP contribution in [0.2, 0.25) is 0 Å². The number of nitrogens with zero attached hydrogens (tertiary/aromatic N) is 1.